The highest BCUT2D eigenvalue weighted by Crippen LogP contribution is 2.34. The summed E-state index contributed by atoms with van der Waals surface area (Å²) in [6.45, 7) is 0. The molecular weight excluding hydrogens is 460 g/mol. The highest BCUT2D eigenvalue weighted by Gasteiger charge is 2.40. The number of amides is 3. The number of anilines is 2. The molecular formula is C20H15BrN2O5S. The van der Waals surface area contributed by atoms with Crippen LogP contribution in [0.25, 0.3) is 0 Å². The Labute approximate surface area is 178 Å². The van der Waals surface area contributed by atoms with Crippen molar-refractivity contribution in [2.75, 3.05) is 10.2 Å². The van der Waals surface area contributed by atoms with Crippen LogP contribution in [-0.2, 0) is 19.2 Å². The van der Waals surface area contributed by atoms with Crippen LogP contribution >= 0.6 is 27.7 Å². The Hall–Kier alpha value is -2.91. The van der Waals surface area contributed by atoms with Crippen molar-refractivity contribution in [1.29, 1.82) is 0 Å². The summed E-state index contributed by atoms with van der Waals surface area (Å²) >= 11 is 4.61. The number of aliphatic carboxylic acids is 1. The molecule has 3 rings (SSSR count). The normalized spacial score (nSPS) is 16.4. The summed E-state index contributed by atoms with van der Waals surface area (Å²) in [6.07, 6.45) is 1.78. The van der Waals surface area contributed by atoms with Crippen molar-refractivity contribution in [1.82, 2.24) is 0 Å². The number of hydrogen-bond acceptors (Lipinski definition) is 5. The lowest BCUT2D eigenvalue weighted by Crippen LogP contribution is -2.31. The van der Waals surface area contributed by atoms with Gasteiger partial charge in [0.2, 0.25) is 17.7 Å². The van der Waals surface area contributed by atoms with Crippen molar-refractivity contribution >= 4 is 62.8 Å². The second-order valence-electron chi connectivity index (χ2n) is 6.04. The lowest BCUT2D eigenvalue weighted by molar-refractivity contribution is -0.131. The van der Waals surface area contributed by atoms with E-state index in [4.69, 9.17) is 5.11 Å². The first-order chi connectivity index (χ1) is 13.8. The zero-order chi connectivity index (χ0) is 21.0. The molecule has 3 amide bonds. The van der Waals surface area contributed by atoms with E-state index in [1.165, 1.54) is 16.7 Å². The molecule has 2 aromatic rings. The van der Waals surface area contributed by atoms with Crippen LogP contribution in [0.3, 0.4) is 0 Å². The van der Waals surface area contributed by atoms with Gasteiger partial charge >= 0.3 is 5.97 Å². The maximum atomic E-state index is 12.7. The molecule has 29 heavy (non-hydrogen) atoms. The number of rotatable bonds is 6. The quantitative estimate of drug-likeness (QED) is 0.490. The molecule has 1 aliphatic heterocycles. The number of halogens is 1. The van der Waals surface area contributed by atoms with E-state index in [2.05, 4.69) is 21.2 Å². The van der Waals surface area contributed by atoms with Gasteiger partial charge in [-0.15, -0.1) is 11.8 Å². The van der Waals surface area contributed by atoms with Gasteiger partial charge in [-0.25, -0.2) is 9.69 Å². The highest BCUT2D eigenvalue weighted by molar-refractivity contribution is 9.10. The van der Waals surface area contributed by atoms with Crippen LogP contribution in [0.2, 0.25) is 0 Å². The minimum Gasteiger partial charge on any atom is -0.478 e. The molecule has 1 atom stereocenters. The first-order valence-corrected chi connectivity index (χ1v) is 10.1. The Balaban J connectivity index is 1.64. The van der Waals surface area contributed by atoms with E-state index in [0.717, 1.165) is 21.5 Å². The van der Waals surface area contributed by atoms with E-state index in [0.29, 0.717) is 11.4 Å². The summed E-state index contributed by atoms with van der Waals surface area (Å²) < 4.78 is 0.858. The summed E-state index contributed by atoms with van der Waals surface area (Å²) in [6, 6.07) is 13.7. The molecule has 1 heterocycles. The Kier molecular flexibility index (Phi) is 6.50. The van der Waals surface area contributed by atoms with Crippen molar-refractivity contribution in [3.05, 3.63) is 65.2 Å². The number of carboxylic acid groups (broad SMARTS) is 1. The van der Waals surface area contributed by atoms with Crippen molar-refractivity contribution in [2.45, 2.75) is 16.6 Å². The van der Waals surface area contributed by atoms with Crippen LogP contribution in [0.15, 0.2) is 70.1 Å². The average Bonchev–Trinajstić information content (AvgIpc) is 2.96. The van der Waals surface area contributed by atoms with Crippen molar-refractivity contribution in [3.63, 3.8) is 0 Å². The number of nitrogens with zero attached hydrogens (tertiary/aromatic N) is 1. The standard InChI is InChI=1S/C20H15BrN2O5S/c21-12-1-5-14(6-2-12)23-18(25)11-16(20(23)28)29-15-7-3-13(4-8-15)22-17(24)9-10-19(26)27/h1-10,16H,11H2,(H,22,24)(H,26,27)/b10-9+/t16-/m0/s1. The van der Waals surface area contributed by atoms with Crippen LogP contribution in [0.4, 0.5) is 11.4 Å². The van der Waals surface area contributed by atoms with Gasteiger partial charge in [-0.1, -0.05) is 15.9 Å². The van der Waals surface area contributed by atoms with Gasteiger partial charge in [0.25, 0.3) is 0 Å². The van der Waals surface area contributed by atoms with Crippen LogP contribution in [-0.4, -0.2) is 34.0 Å². The van der Waals surface area contributed by atoms with Crippen molar-refractivity contribution < 1.29 is 24.3 Å². The van der Waals surface area contributed by atoms with E-state index in [1.807, 2.05) is 0 Å². The summed E-state index contributed by atoms with van der Waals surface area (Å²) in [4.78, 5) is 49.0. The SMILES string of the molecule is O=C(O)/C=C/C(=O)Nc1ccc(S[C@H]2CC(=O)N(c3ccc(Br)cc3)C2=O)cc1. The van der Waals surface area contributed by atoms with Gasteiger partial charge in [-0.2, -0.15) is 0 Å². The van der Waals surface area contributed by atoms with Crippen LogP contribution in [0.5, 0.6) is 0 Å². The maximum absolute atomic E-state index is 12.7. The maximum Gasteiger partial charge on any atom is 0.328 e. The molecule has 1 aliphatic rings. The monoisotopic (exact) mass is 474 g/mol. The fraction of sp³-hybridized carbons (Fsp3) is 0.100. The third-order valence-electron chi connectivity index (χ3n) is 3.97. The van der Waals surface area contributed by atoms with Gasteiger partial charge in [0.05, 0.1) is 10.9 Å². The molecule has 0 bridgehead atoms. The Morgan fingerprint density at radius 3 is 2.34 bits per heavy atom. The van der Waals surface area contributed by atoms with Gasteiger partial charge in [0, 0.05) is 33.6 Å². The number of carbonyl (C=O) groups is 4. The van der Waals surface area contributed by atoms with E-state index in [1.54, 1.807) is 48.5 Å². The van der Waals surface area contributed by atoms with Gasteiger partial charge < -0.3 is 10.4 Å². The van der Waals surface area contributed by atoms with Crippen LogP contribution in [0.1, 0.15) is 6.42 Å². The first kappa shape index (κ1) is 20.8. The lowest BCUT2D eigenvalue weighted by atomic mass is 10.3. The number of imide groups is 1. The summed E-state index contributed by atoms with van der Waals surface area (Å²) in [5, 5.41) is 10.5. The zero-order valence-corrected chi connectivity index (χ0v) is 17.3. The largest absolute Gasteiger partial charge is 0.478 e. The first-order valence-electron chi connectivity index (χ1n) is 8.44. The molecule has 148 valence electrons. The lowest BCUT2D eigenvalue weighted by Gasteiger charge is -2.15. The van der Waals surface area contributed by atoms with E-state index in [9.17, 15) is 19.2 Å². The van der Waals surface area contributed by atoms with Gasteiger partial charge in [-0.3, -0.25) is 14.4 Å². The molecule has 9 heteroatoms. The number of nitrogens with one attached hydrogen (secondary N) is 1. The molecule has 7 nitrogen and oxygen atoms in total. The predicted molar refractivity (Wildman–Crippen MR) is 113 cm³/mol. The number of hydrogen-bond donors (Lipinski definition) is 2. The molecule has 0 unspecified atom stereocenters. The minimum absolute atomic E-state index is 0.109. The smallest absolute Gasteiger partial charge is 0.328 e. The van der Waals surface area contributed by atoms with Crippen molar-refractivity contribution in [2.24, 2.45) is 0 Å². The summed E-state index contributed by atoms with van der Waals surface area (Å²) in [5.41, 5.74) is 1.03. The Bertz CT molecular complexity index is 989. The molecule has 2 N–H and O–H groups in total. The third kappa shape index (κ3) is 5.33. The predicted octanol–water partition coefficient (Wildman–Crippen LogP) is 3.45. The second-order valence-corrected chi connectivity index (χ2v) is 8.23. The summed E-state index contributed by atoms with van der Waals surface area (Å²) in [7, 11) is 0. The Morgan fingerprint density at radius 2 is 1.72 bits per heavy atom. The summed E-state index contributed by atoms with van der Waals surface area (Å²) in [5.74, 6) is -2.28. The number of carbonyl (C=O) groups excluding carboxylic acids is 3. The number of thioether (sulfide) groups is 1. The van der Waals surface area contributed by atoms with E-state index >= 15 is 0 Å². The minimum atomic E-state index is -1.21. The molecule has 0 saturated carbocycles. The van der Waals surface area contributed by atoms with Crippen LogP contribution in [0, 0.1) is 0 Å². The van der Waals surface area contributed by atoms with Crippen LogP contribution < -0.4 is 10.2 Å². The zero-order valence-electron chi connectivity index (χ0n) is 14.9. The fourth-order valence-corrected chi connectivity index (χ4v) is 3.99. The highest BCUT2D eigenvalue weighted by atomic mass is 79.9. The molecule has 1 saturated heterocycles. The number of carboxylic acids is 1. The molecule has 0 spiro atoms. The number of benzene rings is 2. The van der Waals surface area contributed by atoms with Gasteiger partial charge in [0.1, 0.15) is 0 Å². The third-order valence-corrected chi connectivity index (χ3v) is 5.69. The fourth-order valence-electron chi connectivity index (χ4n) is 2.67. The second kappa shape index (κ2) is 9.06. The molecule has 2 aromatic carbocycles. The van der Waals surface area contributed by atoms with Crippen molar-refractivity contribution in [3.8, 4) is 0 Å². The van der Waals surface area contributed by atoms with Gasteiger partial charge in [-0.05, 0) is 48.5 Å². The van der Waals surface area contributed by atoms with E-state index in [-0.39, 0.29) is 18.2 Å². The molecule has 1 fully saturated rings. The van der Waals surface area contributed by atoms with Gasteiger partial charge in [0.15, 0.2) is 0 Å². The molecule has 0 radical (unpaired) electrons. The average molecular weight is 475 g/mol. The molecule has 0 aliphatic carbocycles. The molecule has 0 aromatic heterocycles. The van der Waals surface area contributed by atoms with E-state index < -0.39 is 17.1 Å². The Morgan fingerprint density at radius 1 is 1.07 bits per heavy atom. The topological polar surface area (TPSA) is 104 Å².